The largest absolute Gasteiger partial charge is 0.574 e. The van der Waals surface area contributed by atoms with Gasteiger partial charge in [-0.1, -0.05) is 15.9 Å². The van der Waals surface area contributed by atoms with Crippen molar-refractivity contribution in [1.29, 1.82) is 5.26 Å². The van der Waals surface area contributed by atoms with Crippen molar-refractivity contribution in [1.82, 2.24) is 4.98 Å². The third-order valence-corrected chi connectivity index (χ3v) is 2.72. The Morgan fingerprint density at radius 2 is 2.05 bits per heavy atom. The molecule has 0 atom stereocenters. The minimum absolute atomic E-state index is 0.0863. The summed E-state index contributed by atoms with van der Waals surface area (Å²) in [5.74, 6) is -1.22. The van der Waals surface area contributed by atoms with Crippen LogP contribution >= 0.6 is 15.9 Å². The number of hydrogen-bond acceptors (Lipinski definition) is 3. The highest BCUT2D eigenvalue weighted by Crippen LogP contribution is 2.36. The van der Waals surface area contributed by atoms with Crippen LogP contribution in [0.1, 0.15) is 23.1 Å². The summed E-state index contributed by atoms with van der Waals surface area (Å²) in [6.07, 6.45) is -7.85. The minimum atomic E-state index is -5.13. The minimum Gasteiger partial charge on any atom is -0.387 e. The molecule has 0 aliphatic carbocycles. The lowest BCUT2D eigenvalue weighted by Gasteiger charge is -2.16. The van der Waals surface area contributed by atoms with Gasteiger partial charge in [0.2, 0.25) is 5.88 Å². The van der Waals surface area contributed by atoms with E-state index >= 15 is 0 Å². The summed E-state index contributed by atoms with van der Waals surface area (Å²) in [4.78, 5) is 3.24. The number of rotatable bonds is 4. The van der Waals surface area contributed by atoms with Crippen molar-refractivity contribution in [3.8, 4) is 11.9 Å². The lowest BCUT2D eigenvalue weighted by molar-refractivity contribution is -0.276. The summed E-state index contributed by atoms with van der Waals surface area (Å²) in [7, 11) is 0. The Morgan fingerprint density at radius 1 is 1.42 bits per heavy atom. The summed E-state index contributed by atoms with van der Waals surface area (Å²) in [6, 6.07) is 1.63. The van der Waals surface area contributed by atoms with Gasteiger partial charge in [0, 0.05) is 11.5 Å². The highest BCUT2D eigenvalue weighted by Gasteiger charge is 2.35. The molecule has 0 aliphatic rings. The Balaban J connectivity index is 3.41. The van der Waals surface area contributed by atoms with Crippen molar-refractivity contribution in [2.45, 2.75) is 24.5 Å². The van der Waals surface area contributed by atoms with Crippen molar-refractivity contribution in [2.75, 3.05) is 0 Å². The van der Waals surface area contributed by atoms with E-state index in [9.17, 15) is 22.0 Å². The van der Waals surface area contributed by atoms with Gasteiger partial charge in [-0.05, 0) is 11.1 Å². The first-order chi connectivity index (χ1) is 8.80. The molecule has 0 amide bonds. The fourth-order valence-corrected chi connectivity index (χ4v) is 1.89. The van der Waals surface area contributed by atoms with Gasteiger partial charge in [-0.15, -0.1) is 13.2 Å². The van der Waals surface area contributed by atoms with Crippen molar-refractivity contribution in [3.63, 3.8) is 0 Å². The summed E-state index contributed by atoms with van der Waals surface area (Å²) in [5, 5.41) is 8.66. The van der Waals surface area contributed by atoms with E-state index in [1.54, 1.807) is 6.07 Å². The van der Waals surface area contributed by atoms with Gasteiger partial charge in [0.05, 0.1) is 18.1 Å². The van der Waals surface area contributed by atoms with Crippen LogP contribution in [0.5, 0.6) is 5.88 Å². The molecule has 0 aliphatic heterocycles. The average Bonchev–Trinajstić information content (AvgIpc) is 2.27. The van der Waals surface area contributed by atoms with Gasteiger partial charge in [0.25, 0.3) is 6.43 Å². The van der Waals surface area contributed by atoms with Gasteiger partial charge in [0.1, 0.15) is 0 Å². The van der Waals surface area contributed by atoms with Crippen LogP contribution in [0, 0.1) is 11.3 Å². The second-order valence-corrected chi connectivity index (χ2v) is 3.86. The summed E-state index contributed by atoms with van der Waals surface area (Å²) >= 11 is 2.99. The van der Waals surface area contributed by atoms with Gasteiger partial charge < -0.3 is 4.74 Å². The molecule has 0 saturated carbocycles. The molecule has 0 radical (unpaired) electrons. The lowest BCUT2D eigenvalue weighted by Crippen LogP contribution is -2.20. The molecule has 0 unspecified atom stereocenters. The van der Waals surface area contributed by atoms with E-state index in [2.05, 4.69) is 25.7 Å². The van der Waals surface area contributed by atoms with E-state index in [-0.39, 0.29) is 16.5 Å². The van der Waals surface area contributed by atoms with Crippen LogP contribution in [0.3, 0.4) is 0 Å². The molecule has 1 rings (SSSR count). The molecular weight excluding hydrogens is 339 g/mol. The fourth-order valence-electron chi connectivity index (χ4n) is 1.41. The van der Waals surface area contributed by atoms with Crippen molar-refractivity contribution < 1.29 is 26.7 Å². The van der Waals surface area contributed by atoms with Crippen LogP contribution in [0.25, 0.3) is 0 Å². The molecule has 104 valence electrons. The maximum absolute atomic E-state index is 12.9. The fraction of sp³-hybridized carbons (Fsp3) is 0.400. The summed E-state index contributed by atoms with van der Waals surface area (Å²) in [5.41, 5.74) is -0.995. The highest BCUT2D eigenvalue weighted by atomic mass is 79.9. The number of aromatic nitrogens is 1. The molecule has 0 N–H and O–H groups in total. The molecule has 0 fully saturated rings. The maximum Gasteiger partial charge on any atom is 0.574 e. The molecule has 19 heavy (non-hydrogen) atoms. The smallest absolute Gasteiger partial charge is 0.387 e. The van der Waals surface area contributed by atoms with E-state index in [1.165, 1.54) is 0 Å². The first kappa shape index (κ1) is 15.6. The van der Waals surface area contributed by atoms with Crippen LogP contribution in [0.15, 0.2) is 6.20 Å². The molecular formula is C10H6BrF5N2O. The van der Waals surface area contributed by atoms with Crippen LogP contribution in [-0.2, 0) is 11.8 Å². The number of hydrogen-bond donors (Lipinski definition) is 0. The number of nitrogens with zero attached hydrogens (tertiary/aromatic N) is 2. The first-order valence-corrected chi connectivity index (χ1v) is 5.89. The number of nitriles is 1. The molecule has 1 aromatic rings. The maximum atomic E-state index is 12.9. The Labute approximate surface area is 113 Å². The second kappa shape index (κ2) is 6.14. The average molecular weight is 345 g/mol. The van der Waals surface area contributed by atoms with Crippen LogP contribution < -0.4 is 4.74 Å². The van der Waals surface area contributed by atoms with E-state index in [0.29, 0.717) is 0 Å². The van der Waals surface area contributed by atoms with Crippen LogP contribution in [0.2, 0.25) is 0 Å². The van der Waals surface area contributed by atoms with Crippen LogP contribution in [-0.4, -0.2) is 11.3 Å². The Morgan fingerprint density at radius 3 is 2.47 bits per heavy atom. The molecule has 9 heteroatoms. The zero-order valence-corrected chi connectivity index (χ0v) is 10.7. The number of alkyl halides is 6. The molecule has 1 aromatic heterocycles. The predicted molar refractivity (Wildman–Crippen MR) is 57.8 cm³/mol. The van der Waals surface area contributed by atoms with Crippen LogP contribution in [0.4, 0.5) is 22.0 Å². The highest BCUT2D eigenvalue weighted by molar-refractivity contribution is 9.08. The molecule has 3 nitrogen and oxygen atoms in total. The Kier molecular flexibility index (Phi) is 5.05. The van der Waals surface area contributed by atoms with E-state index in [0.717, 1.165) is 6.20 Å². The van der Waals surface area contributed by atoms with Crippen molar-refractivity contribution in [3.05, 3.63) is 22.9 Å². The standard InChI is InChI=1S/C10H6BrF5N2O/c11-3-5-4-18-9(19-10(14,15)16)7(8(12)13)6(5)1-2-17/h4,8H,1,3H2. The normalized spacial score (nSPS) is 11.5. The zero-order valence-electron chi connectivity index (χ0n) is 9.14. The van der Waals surface area contributed by atoms with E-state index in [4.69, 9.17) is 5.26 Å². The monoisotopic (exact) mass is 344 g/mol. The topological polar surface area (TPSA) is 45.9 Å². The molecule has 0 aromatic carbocycles. The third kappa shape index (κ3) is 4.02. The first-order valence-electron chi connectivity index (χ1n) is 4.77. The zero-order chi connectivity index (χ0) is 14.6. The third-order valence-electron chi connectivity index (χ3n) is 2.11. The quantitative estimate of drug-likeness (QED) is 0.615. The molecule has 0 spiro atoms. The molecule has 0 bridgehead atoms. The lowest BCUT2D eigenvalue weighted by atomic mass is 10.0. The molecule has 1 heterocycles. The van der Waals surface area contributed by atoms with Gasteiger partial charge in [-0.25, -0.2) is 13.8 Å². The Bertz CT molecular complexity index is 498. The summed E-state index contributed by atoms with van der Waals surface area (Å²) < 4.78 is 65.6. The van der Waals surface area contributed by atoms with E-state index < -0.39 is 30.7 Å². The Hall–Kier alpha value is -1.43. The van der Waals surface area contributed by atoms with Gasteiger partial charge >= 0.3 is 6.36 Å². The van der Waals surface area contributed by atoms with Gasteiger partial charge in [-0.3, -0.25) is 0 Å². The predicted octanol–water partition coefficient (Wildman–Crippen LogP) is 3.88. The number of ether oxygens (including phenoxy) is 1. The SMILES string of the molecule is N#CCc1c(CBr)cnc(OC(F)(F)F)c1C(F)F. The second-order valence-electron chi connectivity index (χ2n) is 3.30. The number of pyridine rings is 1. The van der Waals surface area contributed by atoms with Crippen molar-refractivity contribution >= 4 is 15.9 Å². The van der Waals surface area contributed by atoms with E-state index in [1.807, 2.05) is 0 Å². The van der Waals surface area contributed by atoms with Gasteiger partial charge in [-0.2, -0.15) is 5.26 Å². The molecule has 0 saturated heterocycles. The van der Waals surface area contributed by atoms with Crippen molar-refractivity contribution in [2.24, 2.45) is 0 Å². The summed E-state index contributed by atoms with van der Waals surface area (Å²) in [6.45, 7) is 0. The van der Waals surface area contributed by atoms with Gasteiger partial charge in [0.15, 0.2) is 0 Å². The number of halogens is 6.